The maximum absolute atomic E-state index is 12.5. The summed E-state index contributed by atoms with van der Waals surface area (Å²) >= 11 is 1.89. The van der Waals surface area contributed by atoms with Gasteiger partial charge in [0, 0.05) is 50.1 Å². The minimum Gasteiger partial charge on any atom is -0.364 e. The van der Waals surface area contributed by atoms with E-state index in [0.29, 0.717) is 11.3 Å². The second kappa shape index (κ2) is 8.06. The van der Waals surface area contributed by atoms with E-state index >= 15 is 0 Å². The lowest BCUT2D eigenvalue weighted by molar-refractivity contribution is 0.130. The number of carbonyl (C=O) groups is 1. The second-order valence-electron chi connectivity index (χ2n) is 6.37. The monoisotopic (exact) mass is 338 g/mol. The van der Waals surface area contributed by atoms with E-state index in [1.54, 1.807) is 6.26 Å². The van der Waals surface area contributed by atoms with Crippen LogP contribution in [-0.4, -0.2) is 64.7 Å². The van der Waals surface area contributed by atoms with Crippen LogP contribution < -0.4 is 5.32 Å². The molecule has 23 heavy (non-hydrogen) atoms. The van der Waals surface area contributed by atoms with Crippen LogP contribution in [-0.2, 0) is 6.54 Å². The lowest BCUT2D eigenvalue weighted by Crippen LogP contribution is -2.55. The van der Waals surface area contributed by atoms with Gasteiger partial charge in [0.05, 0.1) is 5.69 Å². The number of rotatable bonds is 4. The second-order valence-corrected chi connectivity index (χ2v) is 7.45. The number of carbonyl (C=O) groups excluding carboxylic acids is 1. The van der Waals surface area contributed by atoms with Gasteiger partial charge in [-0.15, -0.1) is 0 Å². The summed E-state index contributed by atoms with van der Waals surface area (Å²) in [4.78, 5) is 16.8. The molecule has 1 aromatic rings. The molecule has 6 nitrogen and oxygen atoms in total. The Labute approximate surface area is 141 Å². The molecule has 7 heteroatoms. The molecular formula is C16H26N4O2S. The van der Waals surface area contributed by atoms with Crippen molar-refractivity contribution in [1.29, 1.82) is 0 Å². The quantitative estimate of drug-likeness (QED) is 0.912. The van der Waals surface area contributed by atoms with Crippen LogP contribution in [0.1, 0.15) is 31.4 Å². The molecule has 0 bridgehead atoms. The third kappa shape index (κ3) is 4.41. The average Bonchev–Trinajstić information content (AvgIpc) is 3.09. The molecule has 1 aliphatic carbocycles. The molecule has 2 aliphatic rings. The highest BCUT2D eigenvalue weighted by atomic mass is 32.2. The molecule has 1 saturated carbocycles. The van der Waals surface area contributed by atoms with Gasteiger partial charge in [0.1, 0.15) is 6.26 Å². The van der Waals surface area contributed by atoms with Crippen molar-refractivity contribution in [3.05, 3.63) is 18.0 Å². The zero-order chi connectivity index (χ0) is 16.1. The molecule has 2 amide bonds. The molecule has 0 aromatic carbocycles. The van der Waals surface area contributed by atoms with Gasteiger partial charge in [-0.1, -0.05) is 18.0 Å². The number of hydrogen-bond donors (Lipinski definition) is 1. The standard InChI is InChI=1S/C16H26N4O2S/c1-23-15-5-3-2-4-14(15)17-16(21)20-9-7-19(8-10-20)12-13-6-11-22-18-13/h6,11,14-15H,2-5,7-10,12H2,1H3,(H,17,21). The van der Waals surface area contributed by atoms with E-state index in [9.17, 15) is 4.79 Å². The van der Waals surface area contributed by atoms with Crippen LogP contribution in [0.5, 0.6) is 0 Å². The zero-order valence-corrected chi connectivity index (χ0v) is 14.6. The highest BCUT2D eigenvalue weighted by Crippen LogP contribution is 2.27. The minimum atomic E-state index is 0.108. The van der Waals surface area contributed by atoms with Crippen LogP contribution in [0.3, 0.4) is 0 Å². The van der Waals surface area contributed by atoms with Crippen LogP contribution in [0.15, 0.2) is 16.9 Å². The molecule has 128 valence electrons. The average molecular weight is 338 g/mol. The fourth-order valence-corrected chi connectivity index (χ4v) is 4.39. The normalized spacial score (nSPS) is 26.2. The smallest absolute Gasteiger partial charge is 0.317 e. The topological polar surface area (TPSA) is 61.6 Å². The van der Waals surface area contributed by atoms with E-state index in [-0.39, 0.29) is 6.03 Å². The van der Waals surface area contributed by atoms with E-state index < -0.39 is 0 Å². The molecule has 3 rings (SSSR count). The number of amides is 2. The summed E-state index contributed by atoms with van der Waals surface area (Å²) in [6, 6.07) is 2.33. The Balaban J connectivity index is 1.44. The molecule has 2 unspecified atom stereocenters. The summed E-state index contributed by atoms with van der Waals surface area (Å²) in [5, 5.41) is 7.79. The Morgan fingerprint density at radius 2 is 2.13 bits per heavy atom. The molecule has 1 aromatic heterocycles. The Morgan fingerprint density at radius 1 is 1.35 bits per heavy atom. The van der Waals surface area contributed by atoms with Gasteiger partial charge >= 0.3 is 6.03 Å². The molecule has 2 fully saturated rings. The van der Waals surface area contributed by atoms with Crippen molar-refractivity contribution in [3.63, 3.8) is 0 Å². The van der Waals surface area contributed by atoms with Crippen molar-refractivity contribution >= 4 is 17.8 Å². The van der Waals surface area contributed by atoms with E-state index in [4.69, 9.17) is 4.52 Å². The summed E-state index contributed by atoms with van der Waals surface area (Å²) in [7, 11) is 0. The van der Waals surface area contributed by atoms with Gasteiger partial charge in [0.2, 0.25) is 0 Å². The zero-order valence-electron chi connectivity index (χ0n) is 13.7. The van der Waals surface area contributed by atoms with Crippen LogP contribution in [0.25, 0.3) is 0 Å². The van der Waals surface area contributed by atoms with Gasteiger partial charge in [-0.25, -0.2) is 4.79 Å². The number of nitrogens with one attached hydrogen (secondary N) is 1. The van der Waals surface area contributed by atoms with Crippen molar-refractivity contribution in [2.45, 2.75) is 43.5 Å². The highest BCUT2D eigenvalue weighted by molar-refractivity contribution is 7.99. The highest BCUT2D eigenvalue weighted by Gasteiger charge is 2.28. The molecule has 1 aliphatic heterocycles. The number of hydrogen-bond acceptors (Lipinski definition) is 5. The van der Waals surface area contributed by atoms with Crippen LogP contribution in [0.4, 0.5) is 4.79 Å². The van der Waals surface area contributed by atoms with Crippen molar-refractivity contribution in [2.75, 3.05) is 32.4 Å². The number of urea groups is 1. The minimum absolute atomic E-state index is 0.108. The first-order chi connectivity index (χ1) is 11.3. The Morgan fingerprint density at radius 3 is 2.83 bits per heavy atom. The molecule has 2 atom stereocenters. The molecule has 1 saturated heterocycles. The van der Waals surface area contributed by atoms with Gasteiger partial charge in [-0.3, -0.25) is 4.90 Å². The van der Waals surface area contributed by atoms with Crippen molar-refractivity contribution < 1.29 is 9.32 Å². The first-order valence-corrected chi connectivity index (χ1v) is 9.75. The van der Waals surface area contributed by atoms with Crippen molar-refractivity contribution in [2.24, 2.45) is 0 Å². The third-order valence-electron chi connectivity index (χ3n) is 4.85. The number of thioether (sulfide) groups is 1. The van der Waals surface area contributed by atoms with E-state index in [0.717, 1.165) is 44.8 Å². The van der Waals surface area contributed by atoms with Gasteiger partial charge in [0.15, 0.2) is 0 Å². The molecule has 2 heterocycles. The number of piperazine rings is 1. The van der Waals surface area contributed by atoms with Crippen molar-refractivity contribution in [3.8, 4) is 0 Å². The first-order valence-electron chi connectivity index (χ1n) is 8.46. The fourth-order valence-electron chi connectivity index (χ4n) is 3.45. The third-order valence-corrected chi connectivity index (χ3v) is 6.02. The number of nitrogens with zero attached hydrogens (tertiary/aromatic N) is 3. The summed E-state index contributed by atoms with van der Waals surface area (Å²) in [6.07, 6.45) is 8.61. The summed E-state index contributed by atoms with van der Waals surface area (Å²) < 4.78 is 4.87. The molecule has 0 radical (unpaired) electrons. The van der Waals surface area contributed by atoms with Crippen LogP contribution in [0, 0.1) is 0 Å². The molecular weight excluding hydrogens is 312 g/mol. The largest absolute Gasteiger partial charge is 0.364 e. The summed E-state index contributed by atoms with van der Waals surface area (Å²) in [5.74, 6) is 0. The summed E-state index contributed by atoms with van der Waals surface area (Å²) in [6.45, 7) is 4.12. The fraction of sp³-hybridized carbons (Fsp3) is 0.750. The van der Waals surface area contributed by atoms with Gasteiger partial charge in [-0.05, 0) is 19.1 Å². The van der Waals surface area contributed by atoms with Crippen molar-refractivity contribution in [1.82, 2.24) is 20.3 Å². The summed E-state index contributed by atoms with van der Waals surface area (Å²) in [5.41, 5.74) is 0.952. The lowest BCUT2D eigenvalue weighted by atomic mass is 9.95. The predicted octanol–water partition coefficient (Wildman–Crippen LogP) is 2.18. The van der Waals surface area contributed by atoms with E-state index in [1.165, 1.54) is 19.3 Å². The van der Waals surface area contributed by atoms with Crippen LogP contribution >= 0.6 is 11.8 Å². The maximum atomic E-state index is 12.5. The van der Waals surface area contributed by atoms with Crippen LogP contribution in [0.2, 0.25) is 0 Å². The van der Waals surface area contributed by atoms with Gasteiger partial charge < -0.3 is 14.7 Å². The Bertz CT molecular complexity index is 488. The lowest BCUT2D eigenvalue weighted by Gasteiger charge is -2.37. The van der Waals surface area contributed by atoms with Gasteiger partial charge in [0.25, 0.3) is 0 Å². The SMILES string of the molecule is CSC1CCCCC1NC(=O)N1CCN(Cc2ccon2)CC1. The van der Waals surface area contributed by atoms with Gasteiger partial charge in [-0.2, -0.15) is 11.8 Å². The maximum Gasteiger partial charge on any atom is 0.317 e. The molecule has 0 spiro atoms. The first kappa shape index (κ1) is 16.6. The number of aromatic nitrogens is 1. The van der Waals surface area contributed by atoms with E-state index in [2.05, 4.69) is 21.6 Å². The predicted molar refractivity (Wildman–Crippen MR) is 91.4 cm³/mol. The Hall–Kier alpha value is -1.21. The Kier molecular flexibility index (Phi) is 5.83. The molecule has 1 N–H and O–H groups in total. The van der Waals surface area contributed by atoms with E-state index in [1.807, 2.05) is 22.7 Å².